The molecule has 4 amide bonds. The Morgan fingerprint density at radius 2 is 1.44 bits per heavy atom. The number of aromatic nitrogens is 1. The van der Waals surface area contributed by atoms with E-state index in [-0.39, 0.29) is 44.4 Å². The first-order valence-electron chi connectivity index (χ1n) is 23.8. The number of nitrogens with zero attached hydrogens (tertiary/aromatic N) is 3. The van der Waals surface area contributed by atoms with E-state index in [1.807, 2.05) is 81.7 Å². The van der Waals surface area contributed by atoms with E-state index in [0.29, 0.717) is 24.5 Å². The van der Waals surface area contributed by atoms with Crippen molar-refractivity contribution in [1.82, 2.24) is 25.4 Å². The number of hydrogen-bond donors (Lipinski definition) is 3. The lowest BCUT2D eigenvalue weighted by atomic mass is 9.85. The molecule has 5 aromatic carbocycles. The van der Waals surface area contributed by atoms with Gasteiger partial charge in [0.15, 0.2) is 0 Å². The molecule has 364 valence electrons. The van der Waals surface area contributed by atoms with Gasteiger partial charge >= 0.3 is 6.09 Å². The summed E-state index contributed by atoms with van der Waals surface area (Å²) in [6.07, 6.45) is 0.0269. The largest absolute Gasteiger partial charge is 0.492 e. The van der Waals surface area contributed by atoms with Crippen molar-refractivity contribution in [3.8, 4) is 21.9 Å². The van der Waals surface area contributed by atoms with E-state index in [1.165, 1.54) is 26.5 Å². The average Bonchev–Trinajstić information content (AvgIpc) is 3.99. The molecule has 12 nitrogen and oxygen atoms in total. The van der Waals surface area contributed by atoms with Gasteiger partial charge in [-0.2, -0.15) is 0 Å². The minimum absolute atomic E-state index is 0.0120. The van der Waals surface area contributed by atoms with Gasteiger partial charge in [0.05, 0.1) is 28.7 Å². The Hall–Kier alpha value is -7.09. The minimum atomic E-state index is -0.942. The molecule has 13 heteroatoms. The number of likely N-dealkylation sites (N-methyl/N-ethyl adjacent to an activating group) is 1. The highest BCUT2D eigenvalue weighted by molar-refractivity contribution is 7.13. The third-order valence-corrected chi connectivity index (χ3v) is 13.4. The maximum atomic E-state index is 14.1. The number of rotatable bonds is 18. The summed E-state index contributed by atoms with van der Waals surface area (Å²) in [6, 6.07) is 41.9. The Labute approximate surface area is 415 Å². The highest BCUT2D eigenvalue weighted by Crippen LogP contribution is 2.35. The number of carbonyl (C=O) groups excluding carboxylic acids is 4. The standard InChI is InChI=1S/C57H63N5O7S/c1-7-48(41-14-10-8-11-15-41)51(42-16-12-9-13-17-42)43-25-29-46(30-26-43)68-33-32-61(6)56(67)69-47-27-20-39(21-28-47)22-31-50(64)60-53(57(3,4)5)55(66)62-36-45(63)34-49(62)54(65)58-35-40-18-23-44(24-19-40)52-38(2)59-37-70-52/h8-21,23-30,37,45,49,53,63H,7,22,31-36H2,1-6H3,(H,58,65)(H,60,64)/b51-48-/t45-,49+,53-/m1/s1. The van der Waals surface area contributed by atoms with Gasteiger partial charge in [0.1, 0.15) is 30.2 Å². The Morgan fingerprint density at radius 1 is 0.829 bits per heavy atom. The van der Waals surface area contributed by atoms with Gasteiger partial charge < -0.3 is 35.0 Å². The number of benzene rings is 5. The number of amides is 4. The summed E-state index contributed by atoms with van der Waals surface area (Å²) in [6.45, 7) is 10.5. The van der Waals surface area contributed by atoms with Crippen LogP contribution in [0.3, 0.4) is 0 Å². The summed E-state index contributed by atoms with van der Waals surface area (Å²) in [5.74, 6) is -0.0690. The number of likely N-dealkylation sites (tertiary alicyclic amines) is 1. The first-order chi connectivity index (χ1) is 33.7. The van der Waals surface area contributed by atoms with E-state index in [1.54, 1.807) is 42.6 Å². The molecule has 0 bridgehead atoms. The molecular weight excluding hydrogens is 899 g/mol. The number of nitrogens with one attached hydrogen (secondary N) is 2. The van der Waals surface area contributed by atoms with E-state index in [4.69, 9.17) is 9.47 Å². The van der Waals surface area contributed by atoms with Crippen molar-refractivity contribution < 1.29 is 33.8 Å². The number of β-amino-alcohol motifs (C(OH)–C–C–N with tert-alkyl or cyclic N) is 1. The lowest BCUT2D eigenvalue weighted by Gasteiger charge is -2.35. The fourth-order valence-corrected chi connectivity index (χ4v) is 9.38. The molecule has 0 spiro atoms. The number of aryl methyl sites for hydroxylation is 2. The highest BCUT2D eigenvalue weighted by atomic mass is 32.1. The van der Waals surface area contributed by atoms with Gasteiger partial charge in [-0.3, -0.25) is 14.4 Å². The number of aliphatic hydroxyl groups excluding tert-OH is 1. The average molecular weight is 962 g/mol. The smallest absolute Gasteiger partial charge is 0.415 e. The molecule has 0 saturated carbocycles. The first kappa shape index (κ1) is 50.8. The maximum absolute atomic E-state index is 14.1. The van der Waals surface area contributed by atoms with E-state index < -0.39 is 35.6 Å². The first-order valence-corrected chi connectivity index (χ1v) is 24.7. The second kappa shape index (κ2) is 23.5. The second-order valence-electron chi connectivity index (χ2n) is 18.7. The van der Waals surface area contributed by atoms with Crippen LogP contribution in [-0.2, 0) is 27.3 Å². The SMILES string of the molecule is CC/C(=C(\c1ccccc1)c1ccc(OCCN(C)C(=O)Oc2ccc(CCC(=O)N[C@H](C(=O)N3C[C@H](O)C[C@H]3C(=O)NCc3ccc(-c4scnc4C)cc3)C(C)(C)C)cc2)cc1)c1ccccc1. The third kappa shape index (κ3) is 13.2. The van der Waals surface area contributed by atoms with Crippen LogP contribution in [0.15, 0.2) is 139 Å². The highest BCUT2D eigenvalue weighted by Gasteiger charge is 2.44. The molecule has 1 aliphatic heterocycles. The van der Waals surface area contributed by atoms with Crippen molar-refractivity contribution in [2.45, 2.75) is 85.0 Å². The molecule has 3 atom stereocenters. The van der Waals surface area contributed by atoms with Gasteiger partial charge in [0.2, 0.25) is 17.7 Å². The Morgan fingerprint density at radius 3 is 2.06 bits per heavy atom. The molecule has 6 aromatic rings. The van der Waals surface area contributed by atoms with Crippen LogP contribution in [0.5, 0.6) is 11.5 Å². The number of aliphatic hydroxyl groups is 1. The van der Waals surface area contributed by atoms with Crippen LogP contribution in [0.25, 0.3) is 21.6 Å². The van der Waals surface area contributed by atoms with Gasteiger partial charge in [0, 0.05) is 33.0 Å². The van der Waals surface area contributed by atoms with E-state index in [2.05, 4.69) is 83.2 Å². The zero-order chi connectivity index (χ0) is 49.8. The molecule has 70 heavy (non-hydrogen) atoms. The lowest BCUT2D eigenvalue weighted by Crippen LogP contribution is -2.57. The third-order valence-electron chi connectivity index (χ3n) is 12.5. The number of thiazole rings is 1. The Kier molecular flexibility index (Phi) is 17.0. The predicted octanol–water partition coefficient (Wildman–Crippen LogP) is 9.74. The quantitative estimate of drug-likeness (QED) is 0.0721. The monoisotopic (exact) mass is 961 g/mol. The van der Waals surface area contributed by atoms with Crippen LogP contribution >= 0.6 is 11.3 Å². The number of carbonyl (C=O) groups is 4. The van der Waals surface area contributed by atoms with Crippen molar-refractivity contribution in [2.24, 2.45) is 5.41 Å². The second-order valence-corrected chi connectivity index (χ2v) is 19.5. The molecule has 3 N–H and O–H groups in total. The molecule has 1 fully saturated rings. The minimum Gasteiger partial charge on any atom is -0.492 e. The van der Waals surface area contributed by atoms with Gasteiger partial charge in [-0.25, -0.2) is 9.78 Å². The number of allylic oxidation sites excluding steroid dienone is 1. The Bertz CT molecular complexity index is 2730. The van der Waals surface area contributed by atoms with E-state index in [9.17, 15) is 24.3 Å². The Balaban J connectivity index is 0.864. The van der Waals surface area contributed by atoms with Gasteiger partial charge in [-0.05, 0) is 94.0 Å². The summed E-state index contributed by atoms with van der Waals surface area (Å²) < 4.78 is 11.7. The van der Waals surface area contributed by atoms with Crippen LogP contribution in [0, 0.1) is 12.3 Å². The number of ether oxygens (including phenoxy) is 2. The zero-order valence-electron chi connectivity index (χ0n) is 40.8. The summed E-state index contributed by atoms with van der Waals surface area (Å²) >= 11 is 1.57. The zero-order valence-corrected chi connectivity index (χ0v) is 41.6. The van der Waals surface area contributed by atoms with Crippen LogP contribution in [0.4, 0.5) is 4.79 Å². The van der Waals surface area contributed by atoms with E-state index in [0.717, 1.165) is 44.8 Å². The molecule has 7 rings (SSSR count). The molecule has 0 unspecified atom stereocenters. The van der Waals surface area contributed by atoms with Crippen molar-refractivity contribution in [2.75, 3.05) is 26.7 Å². The predicted molar refractivity (Wildman–Crippen MR) is 276 cm³/mol. The summed E-state index contributed by atoms with van der Waals surface area (Å²) in [5, 5.41) is 16.5. The lowest BCUT2D eigenvalue weighted by molar-refractivity contribution is -0.144. The van der Waals surface area contributed by atoms with Gasteiger partial charge in [0.25, 0.3) is 0 Å². The molecular formula is C57H63N5O7S. The van der Waals surface area contributed by atoms with Crippen LogP contribution in [0.1, 0.15) is 80.5 Å². The maximum Gasteiger partial charge on any atom is 0.415 e. The summed E-state index contributed by atoms with van der Waals surface area (Å²) in [4.78, 5) is 62.3. The summed E-state index contributed by atoms with van der Waals surface area (Å²) in [7, 11) is 1.65. The fraction of sp³-hybridized carbons (Fsp3) is 0.316. The van der Waals surface area contributed by atoms with Crippen molar-refractivity contribution in [3.63, 3.8) is 0 Å². The topological polar surface area (TPSA) is 150 Å². The fourth-order valence-electron chi connectivity index (χ4n) is 8.57. The van der Waals surface area contributed by atoms with Gasteiger partial charge in [-0.1, -0.05) is 137 Å². The molecule has 1 aromatic heterocycles. The van der Waals surface area contributed by atoms with Crippen LogP contribution in [0.2, 0.25) is 0 Å². The molecule has 1 aliphatic rings. The van der Waals surface area contributed by atoms with Crippen LogP contribution in [-0.4, -0.2) is 88.6 Å². The molecule has 0 radical (unpaired) electrons. The normalized spacial score (nSPS) is 15.4. The van der Waals surface area contributed by atoms with Crippen molar-refractivity contribution >= 4 is 46.3 Å². The van der Waals surface area contributed by atoms with Crippen LogP contribution < -0.4 is 20.1 Å². The molecule has 1 saturated heterocycles. The molecule has 0 aliphatic carbocycles. The van der Waals surface area contributed by atoms with Crippen molar-refractivity contribution in [3.05, 3.63) is 172 Å². The van der Waals surface area contributed by atoms with E-state index >= 15 is 0 Å². The van der Waals surface area contributed by atoms with Crippen molar-refractivity contribution in [1.29, 1.82) is 0 Å². The van der Waals surface area contributed by atoms with Gasteiger partial charge in [-0.15, -0.1) is 11.3 Å². The molecule has 2 heterocycles. The number of hydrogen-bond acceptors (Lipinski definition) is 9. The summed E-state index contributed by atoms with van der Waals surface area (Å²) in [5.41, 5.74) is 10.7.